The molecule has 0 saturated carbocycles. The highest BCUT2D eigenvalue weighted by Crippen LogP contribution is 2.29. The first-order valence-electron chi connectivity index (χ1n) is 5.25. The summed E-state index contributed by atoms with van der Waals surface area (Å²) in [5, 5.41) is 8.54. The lowest BCUT2D eigenvalue weighted by atomic mass is 10.2. The molecule has 0 saturated heterocycles. The number of sulfonamides is 1. The van der Waals surface area contributed by atoms with E-state index in [4.69, 9.17) is 28.3 Å². The van der Waals surface area contributed by atoms with Crippen LogP contribution in [0.5, 0.6) is 0 Å². The minimum absolute atomic E-state index is 0.0120. The Labute approximate surface area is 127 Å². The van der Waals surface area contributed by atoms with Gasteiger partial charge in [-0.2, -0.15) is 8.78 Å². The van der Waals surface area contributed by atoms with Crippen LogP contribution in [0.1, 0.15) is 5.56 Å². The molecular weight excluding hydrogens is 361 g/mol. The highest BCUT2D eigenvalue weighted by molar-refractivity contribution is 7.89. The number of hydrogen-bond donors (Lipinski definition) is 2. The van der Waals surface area contributed by atoms with Gasteiger partial charge in [0.05, 0.1) is 18.2 Å². The van der Waals surface area contributed by atoms with E-state index in [0.717, 1.165) is 12.1 Å². The van der Waals surface area contributed by atoms with E-state index in [1.165, 1.54) is 4.72 Å². The fourth-order valence-corrected chi connectivity index (χ4v) is 3.14. The predicted molar refractivity (Wildman–Crippen MR) is 68.5 cm³/mol. The summed E-state index contributed by atoms with van der Waals surface area (Å²) in [6.45, 7) is -2.41. The zero-order valence-electron chi connectivity index (χ0n) is 10.1. The van der Waals surface area contributed by atoms with Gasteiger partial charge < -0.3 is 5.11 Å². The standard InChI is InChI=1S/C10H9Cl2F4NO3S/c11-6-2-7(12)8(1-5(6)3-18)21(19,20)17-4-10(15,16)9(13)14/h1-2,9,17-18H,3-4H2. The van der Waals surface area contributed by atoms with Crippen LogP contribution < -0.4 is 4.72 Å². The summed E-state index contributed by atoms with van der Waals surface area (Å²) in [5.74, 6) is -4.52. The van der Waals surface area contributed by atoms with Crippen LogP contribution in [0.3, 0.4) is 0 Å². The van der Waals surface area contributed by atoms with Gasteiger partial charge in [0.15, 0.2) is 0 Å². The second-order valence-electron chi connectivity index (χ2n) is 3.92. The van der Waals surface area contributed by atoms with Crippen LogP contribution in [0.15, 0.2) is 17.0 Å². The first-order chi connectivity index (χ1) is 9.51. The van der Waals surface area contributed by atoms with Crippen molar-refractivity contribution in [2.45, 2.75) is 23.9 Å². The summed E-state index contributed by atoms with van der Waals surface area (Å²) >= 11 is 11.3. The number of hydrogen-bond acceptors (Lipinski definition) is 3. The minimum Gasteiger partial charge on any atom is -0.392 e. The molecule has 1 aromatic carbocycles. The molecule has 0 radical (unpaired) electrons. The van der Waals surface area contributed by atoms with Crippen molar-refractivity contribution in [2.75, 3.05) is 6.54 Å². The Hall–Kier alpha value is -0.610. The maximum atomic E-state index is 12.7. The van der Waals surface area contributed by atoms with E-state index in [9.17, 15) is 26.0 Å². The molecule has 0 aliphatic rings. The van der Waals surface area contributed by atoms with E-state index in [1.807, 2.05) is 0 Å². The normalized spacial score (nSPS) is 13.0. The Morgan fingerprint density at radius 1 is 1.24 bits per heavy atom. The van der Waals surface area contributed by atoms with Crippen LogP contribution in [0, 0.1) is 0 Å². The van der Waals surface area contributed by atoms with E-state index in [0.29, 0.717) is 0 Å². The molecule has 1 rings (SSSR count). The Balaban J connectivity index is 3.09. The van der Waals surface area contributed by atoms with Gasteiger partial charge in [-0.1, -0.05) is 23.2 Å². The van der Waals surface area contributed by atoms with Crippen molar-refractivity contribution in [2.24, 2.45) is 0 Å². The molecule has 0 bridgehead atoms. The van der Waals surface area contributed by atoms with Gasteiger partial charge in [-0.15, -0.1) is 0 Å². The summed E-state index contributed by atoms with van der Waals surface area (Å²) in [6.07, 6.45) is -4.02. The first kappa shape index (κ1) is 18.4. The van der Waals surface area contributed by atoms with E-state index >= 15 is 0 Å². The third kappa shape index (κ3) is 4.43. The molecule has 0 spiro atoms. The van der Waals surface area contributed by atoms with Crippen LogP contribution in [-0.4, -0.2) is 32.4 Å². The second-order valence-corrected chi connectivity index (χ2v) is 6.47. The first-order valence-corrected chi connectivity index (χ1v) is 7.49. The van der Waals surface area contributed by atoms with Gasteiger partial charge >= 0.3 is 12.3 Å². The summed E-state index contributed by atoms with van der Waals surface area (Å²) < 4.78 is 74.4. The van der Waals surface area contributed by atoms with Gasteiger partial charge in [-0.25, -0.2) is 21.9 Å². The van der Waals surface area contributed by atoms with E-state index < -0.39 is 45.4 Å². The molecule has 21 heavy (non-hydrogen) atoms. The number of benzene rings is 1. The molecule has 4 nitrogen and oxygen atoms in total. The molecule has 0 fully saturated rings. The number of rotatable bonds is 6. The molecule has 1 aromatic rings. The Morgan fingerprint density at radius 3 is 2.29 bits per heavy atom. The monoisotopic (exact) mass is 369 g/mol. The van der Waals surface area contributed by atoms with Crippen molar-refractivity contribution in [3.05, 3.63) is 27.7 Å². The van der Waals surface area contributed by atoms with Crippen molar-refractivity contribution >= 4 is 33.2 Å². The molecule has 120 valence electrons. The SMILES string of the molecule is O=S(=O)(NCC(F)(F)C(F)F)c1cc(CO)c(Cl)cc1Cl. The fourth-order valence-electron chi connectivity index (χ4n) is 1.24. The minimum atomic E-state index is -4.57. The average molecular weight is 370 g/mol. The van der Waals surface area contributed by atoms with Crippen LogP contribution in [-0.2, 0) is 16.6 Å². The summed E-state index contributed by atoms with van der Waals surface area (Å²) in [4.78, 5) is -0.650. The zero-order chi connectivity index (χ0) is 16.4. The van der Waals surface area contributed by atoms with Crippen molar-refractivity contribution in [1.82, 2.24) is 4.72 Å². The van der Waals surface area contributed by atoms with Gasteiger partial charge in [-0.05, 0) is 17.7 Å². The predicted octanol–water partition coefficient (Wildman–Crippen LogP) is 2.66. The molecule has 2 N–H and O–H groups in total. The van der Waals surface area contributed by atoms with Gasteiger partial charge in [0.25, 0.3) is 0 Å². The topological polar surface area (TPSA) is 66.4 Å². The van der Waals surface area contributed by atoms with E-state index in [1.54, 1.807) is 0 Å². The number of halogens is 6. The lowest BCUT2D eigenvalue weighted by Gasteiger charge is -2.16. The number of aliphatic hydroxyl groups excluding tert-OH is 1. The number of nitrogens with one attached hydrogen (secondary N) is 1. The smallest absolute Gasteiger partial charge is 0.320 e. The number of alkyl halides is 4. The third-order valence-corrected chi connectivity index (χ3v) is 4.60. The fraction of sp³-hybridized carbons (Fsp3) is 0.400. The maximum Gasteiger partial charge on any atom is 0.320 e. The third-order valence-electron chi connectivity index (χ3n) is 2.38. The van der Waals surface area contributed by atoms with Gasteiger partial charge in [-0.3, -0.25) is 0 Å². The van der Waals surface area contributed by atoms with E-state index in [2.05, 4.69) is 0 Å². The summed E-state index contributed by atoms with van der Waals surface area (Å²) in [5.41, 5.74) is -0.0120. The Kier molecular flexibility index (Phi) is 5.84. The lowest BCUT2D eigenvalue weighted by molar-refractivity contribution is -0.122. The van der Waals surface area contributed by atoms with Gasteiger partial charge in [0, 0.05) is 5.02 Å². The van der Waals surface area contributed by atoms with Crippen LogP contribution >= 0.6 is 23.2 Å². The number of aliphatic hydroxyl groups is 1. The Bertz CT molecular complexity index is 625. The molecule has 0 atom stereocenters. The quantitative estimate of drug-likeness (QED) is 0.757. The van der Waals surface area contributed by atoms with E-state index in [-0.39, 0.29) is 10.6 Å². The van der Waals surface area contributed by atoms with Crippen LogP contribution in [0.25, 0.3) is 0 Å². The second kappa shape index (κ2) is 6.66. The van der Waals surface area contributed by atoms with Crippen LogP contribution in [0.4, 0.5) is 17.6 Å². The molecule has 0 aliphatic heterocycles. The van der Waals surface area contributed by atoms with Gasteiger partial charge in [0.1, 0.15) is 4.90 Å². The average Bonchev–Trinajstić information content (AvgIpc) is 2.36. The van der Waals surface area contributed by atoms with Crippen molar-refractivity contribution in [1.29, 1.82) is 0 Å². The van der Waals surface area contributed by atoms with Crippen LogP contribution in [0.2, 0.25) is 10.0 Å². The summed E-state index contributed by atoms with van der Waals surface area (Å²) in [6, 6.07) is 1.86. The van der Waals surface area contributed by atoms with Crippen molar-refractivity contribution in [3.63, 3.8) is 0 Å². The summed E-state index contributed by atoms with van der Waals surface area (Å²) in [7, 11) is -4.57. The molecule has 11 heteroatoms. The Morgan fingerprint density at radius 2 is 1.81 bits per heavy atom. The zero-order valence-corrected chi connectivity index (χ0v) is 12.4. The molecule has 0 aromatic heterocycles. The van der Waals surface area contributed by atoms with Crippen molar-refractivity contribution < 1.29 is 31.1 Å². The molecule has 0 amide bonds. The molecule has 0 aliphatic carbocycles. The highest BCUT2D eigenvalue weighted by atomic mass is 35.5. The highest BCUT2D eigenvalue weighted by Gasteiger charge is 2.41. The largest absolute Gasteiger partial charge is 0.392 e. The van der Waals surface area contributed by atoms with Crippen molar-refractivity contribution in [3.8, 4) is 0 Å². The maximum absolute atomic E-state index is 12.7. The molecule has 0 heterocycles. The lowest BCUT2D eigenvalue weighted by Crippen LogP contribution is -2.41. The molecule has 0 unspecified atom stereocenters. The van der Waals surface area contributed by atoms with Gasteiger partial charge in [0.2, 0.25) is 10.0 Å². The molecular formula is C10H9Cl2F4NO3S.